The van der Waals surface area contributed by atoms with Crippen LogP contribution in [-0.2, 0) is 6.54 Å². The third-order valence-electron chi connectivity index (χ3n) is 5.26. The van der Waals surface area contributed by atoms with Gasteiger partial charge in [-0.05, 0) is 50.6 Å². The number of amides is 1. The van der Waals surface area contributed by atoms with Gasteiger partial charge in [0.1, 0.15) is 5.69 Å². The van der Waals surface area contributed by atoms with Crippen LogP contribution in [-0.4, -0.2) is 41.4 Å². The Hall–Kier alpha value is -2.64. The molecule has 2 aromatic rings. The van der Waals surface area contributed by atoms with Crippen molar-refractivity contribution in [3.05, 3.63) is 68.7 Å². The number of rotatable bonds is 9. The molecule has 1 unspecified atom stereocenters. The lowest BCUT2D eigenvalue weighted by molar-refractivity contribution is -0.384. The summed E-state index contributed by atoms with van der Waals surface area (Å²) in [4.78, 5) is 25.8. The molecule has 1 atom stereocenters. The summed E-state index contributed by atoms with van der Waals surface area (Å²) in [6.45, 7) is 2.89. The Balaban J connectivity index is 1.65. The average molecular weight is 417 g/mol. The van der Waals surface area contributed by atoms with Gasteiger partial charge in [0.25, 0.3) is 11.6 Å². The smallest absolute Gasteiger partial charge is 0.293 e. The van der Waals surface area contributed by atoms with E-state index in [0.717, 1.165) is 5.56 Å². The fraction of sp³-hybridized carbons (Fsp3) is 0.381. The van der Waals surface area contributed by atoms with Gasteiger partial charge in [0.2, 0.25) is 0 Å². The summed E-state index contributed by atoms with van der Waals surface area (Å²) in [5, 5.41) is 18.0. The number of nitrogens with zero attached hydrogens (tertiary/aromatic N) is 2. The Labute approximate surface area is 175 Å². The zero-order chi connectivity index (χ0) is 21.0. The summed E-state index contributed by atoms with van der Waals surface area (Å²) in [5.41, 5.74) is 1.29. The number of carbonyl (C=O) groups excluding carboxylic acids is 1. The van der Waals surface area contributed by atoms with Crippen molar-refractivity contribution in [2.24, 2.45) is 0 Å². The topological polar surface area (TPSA) is 87.5 Å². The monoisotopic (exact) mass is 416 g/mol. The van der Waals surface area contributed by atoms with Crippen molar-refractivity contribution >= 4 is 28.9 Å². The first-order valence-corrected chi connectivity index (χ1v) is 10.0. The van der Waals surface area contributed by atoms with Crippen molar-refractivity contribution in [3.8, 4) is 0 Å². The van der Waals surface area contributed by atoms with Gasteiger partial charge in [-0.3, -0.25) is 19.8 Å². The average Bonchev–Trinajstić information content (AvgIpc) is 3.55. The van der Waals surface area contributed by atoms with Gasteiger partial charge in [-0.15, -0.1) is 0 Å². The van der Waals surface area contributed by atoms with E-state index in [9.17, 15) is 14.9 Å². The molecule has 0 aromatic heterocycles. The van der Waals surface area contributed by atoms with Crippen LogP contribution >= 0.6 is 11.6 Å². The SMILES string of the molecule is CC(CNC(=O)c1ccc(NCc2ccccc2Cl)c([N+](=O)[O-])c1)N(C)C1CC1. The third kappa shape index (κ3) is 5.46. The van der Waals surface area contributed by atoms with Crippen molar-refractivity contribution < 1.29 is 9.72 Å². The van der Waals surface area contributed by atoms with Gasteiger partial charge in [-0.25, -0.2) is 0 Å². The van der Waals surface area contributed by atoms with Crippen LogP contribution in [0.2, 0.25) is 5.02 Å². The first kappa shape index (κ1) is 21.1. The minimum absolute atomic E-state index is 0.146. The lowest BCUT2D eigenvalue weighted by Gasteiger charge is -2.24. The molecule has 1 fully saturated rings. The Morgan fingerprint density at radius 1 is 1.31 bits per heavy atom. The van der Waals surface area contributed by atoms with Crippen LogP contribution in [0.3, 0.4) is 0 Å². The zero-order valence-corrected chi connectivity index (χ0v) is 17.3. The molecular weight excluding hydrogens is 392 g/mol. The molecule has 1 aliphatic carbocycles. The third-order valence-corrected chi connectivity index (χ3v) is 5.63. The normalized spacial score (nSPS) is 14.5. The van der Waals surface area contributed by atoms with Gasteiger partial charge in [0, 0.05) is 41.8 Å². The van der Waals surface area contributed by atoms with E-state index in [-0.39, 0.29) is 23.2 Å². The van der Waals surface area contributed by atoms with E-state index >= 15 is 0 Å². The fourth-order valence-electron chi connectivity index (χ4n) is 3.13. The maximum atomic E-state index is 12.5. The van der Waals surface area contributed by atoms with Crippen molar-refractivity contribution in [1.82, 2.24) is 10.2 Å². The molecule has 0 radical (unpaired) electrons. The number of nitrogens with one attached hydrogen (secondary N) is 2. The molecule has 29 heavy (non-hydrogen) atoms. The quantitative estimate of drug-likeness (QED) is 0.475. The number of hydrogen-bond donors (Lipinski definition) is 2. The number of hydrogen-bond acceptors (Lipinski definition) is 5. The second-order valence-corrected chi connectivity index (χ2v) is 7.80. The molecule has 1 aliphatic rings. The number of carbonyl (C=O) groups is 1. The second kappa shape index (κ2) is 9.24. The molecule has 2 aromatic carbocycles. The van der Waals surface area contributed by atoms with Gasteiger partial charge < -0.3 is 10.6 Å². The molecule has 0 spiro atoms. The maximum absolute atomic E-state index is 12.5. The Bertz CT molecular complexity index is 901. The summed E-state index contributed by atoms with van der Waals surface area (Å²) in [6.07, 6.45) is 2.40. The predicted octanol–water partition coefficient (Wildman–Crippen LogP) is 4.07. The number of likely N-dealkylation sites (N-methyl/N-ethyl adjacent to an activating group) is 1. The van der Waals surface area contributed by atoms with E-state index in [4.69, 9.17) is 11.6 Å². The molecule has 2 N–H and O–H groups in total. The van der Waals surface area contributed by atoms with Gasteiger partial charge in [0.15, 0.2) is 0 Å². The van der Waals surface area contributed by atoms with Crippen LogP contribution in [0.25, 0.3) is 0 Å². The van der Waals surface area contributed by atoms with E-state index in [0.29, 0.717) is 29.8 Å². The van der Waals surface area contributed by atoms with E-state index < -0.39 is 4.92 Å². The molecule has 1 saturated carbocycles. The molecule has 0 saturated heterocycles. The number of anilines is 1. The van der Waals surface area contributed by atoms with E-state index in [2.05, 4.69) is 29.5 Å². The Morgan fingerprint density at radius 3 is 2.69 bits per heavy atom. The van der Waals surface area contributed by atoms with Crippen molar-refractivity contribution in [1.29, 1.82) is 0 Å². The molecule has 3 rings (SSSR count). The largest absolute Gasteiger partial charge is 0.375 e. The standard InChI is InChI=1S/C21H25ClN4O3/c1-14(25(2)17-8-9-17)12-24-21(27)15-7-10-19(20(11-15)26(28)29)23-13-16-5-3-4-6-18(16)22/h3-7,10-11,14,17,23H,8-9,12-13H2,1-2H3,(H,24,27). The first-order valence-electron chi connectivity index (χ1n) is 9.62. The van der Waals surface area contributed by atoms with Crippen LogP contribution in [0.5, 0.6) is 0 Å². The van der Waals surface area contributed by atoms with Crippen LogP contribution in [0.4, 0.5) is 11.4 Å². The number of nitro groups is 1. The molecule has 7 nitrogen and oxygen atoms in total. The zero-order valence-electron chi connectivity index (χ0n) is 16.5. The Kier molecular flexibility index (Phi) is 6.71. The van der Waals surface area contributed by atoms with Crippen LogP contribution in [0, 0.1) is 10.1 Å². The highest BCUT2D eigenvalue weighted by atomic mass is 35.5. The molecule has 0 aliphatic heterocycles. The van der Waals surface area contributed by atoms with Crippen LogP contribution in [0.1, 0.15) is 35.7 Å². The number of nitro benzene ring substituents is 1. The maximum Gasteiger partial charge on any atom is 0.293 e. The van der Waals surface area contributed by atoms with E-state index in [1.807, 2.05) is 18.2 Å². The summed E-state index contributed by atoms with van der Waals surface area (Å²) in [7, 11) is 2.05. The summed E-state index contributed by atoms with van der Waals surface area (Å²) >= 11 is 6.14. The highest BCUT2D eigenvalue weighted by molar-refractivity contribution is 6.31. The predicted molar refractivity (Wildman–Crippen MR) is 114 cm³/mol. The first-order chi connectivity index (χ1) is 13.9. The van der Waals surface area contributed by atoms with Crippen molar-refractivity contribution in [3.63, 3.8) is 0 Å². The minimum atomic E-state index is -0.491. The highest BCUT2D eigenvalue weighted by Crippen LogP contribution is 2.28. The number of halogens is 1. The molecule has 0 heterocycles. The van der Waals surface area contributed by atoms with Gasteiger partial charge in [-0.1, -0.05) is 29.8 Å². The molecular formula is C21H25ClN4O3. The van der Waals surface area contributed by atoms with Gasteiger partial charge >= 0.3 is 0 Å². The summed E-state index contributed by atoms with van der Waals surface area (Å²) < 4.78 is 0. The second-order valence-electron chi connectivity index (χ2n) is 7.39. The lowest BCUT2D eigenvalue weighted by atomic mass is 10.1. The summed E-state index contributed by atoms with van der Waals surface area (Å²) in [6, 6.07) is 12.6. The minimum Gasteiger partial charge on any atom is -0.375 e. The van der Waals surface area contributed by atoms with Crippen molar-refractivity contribution in [2.45, 2.75) is 38.4 Å². The number of benzene rings is 2. The summed E-state index contributed by atoms with van der Waals surface area (Å²) in [5.74, 6) is -0.318. The van der Waals surface area contributed by atoms with Gasteiger partial charge in [0.05, 0.1) is 4.92 Å². The molecule has 1 amide bonds. The Morgan fingerprint density at radius 2 is 2.03 bits per heavy atom. The molecule has 154 valence electrons. The molecule has 0 bridgehead atoms. The van der Waals surface area contributed by atoms with Crippen LogP contribution < -0.4 is 10.6 Å². The van der Waals surface area contributed by atoms with E-state index in [1.54, 1.807) is 18.2 Å². The lowest BCUT2D eigenvalue weighted by Crippen LogP contribution is -2.41. The van der Waals surface area contributed by atoms with Crippen LogP contribution in [0.15, 0.2) is 42.5 Å². The van der Waals surface area contributed by atoms with E-state index in [1.165, 1.54) is 18.9 Å². The van der Waals surface area contributed by atoms with Crippen molar-refractivity contribution in [2.75, 3.05) is 18.9 Å². The highest BCUT2D eigenvalue weighted by Gasteiger charge is 2.29. The molecule has 8 heteroatoms. The fourth-order valence-corrected chi connectivity index (χ4v) is 3.34. The van der Waals surface area contributed by atoms with Gasteiger partial charge in [-0.2, -0.15) is 0 Å².